The van der Waals surface area contributed by atoms with Gasteiger partial charge in [-0.2, -0.15) is 0 Å². The largest absolute Gasteiger partial charge is 0.460 e. The molecule has 3 atom stereocenters. The van der Waals surface area contributed by atoms with Crippen molar-refractivity contribution in [1.29, 1.82) is 0 Å². The predicted molar refractivity (Wildman–Crippen MR) is 244 cm³/mol. The van der Waals surface area contributed by atoms with Crippen LogP contribution < -0.4 is 21.7 Å². The molecule has 0 aliphatic heterocycles. The highest BCUT2D eigenvalue weighted by molar-refractivity contribution is 7.53. The van der Waals surface area contributed by atoms with Crippen molar-refractivity contribution < 1.29 is 42.3 Å². The van der Waals surface area contributed by atoms with Crippen molar-refractivity contribution in [2.75, 3.05) is 6.54 Å². The van der Waals surface area contributed by atoms with Gasteiger partial charge in [0.25, 0.3) is 0 Å². The van der Waals surface area contributed by atoms with E-state index in [9.17, 15) is 28.5 Å². The van der Waals surface area contributed by atoms with Gasteiger partial charge in [0.05, 0.1) is 36.1 Å². The Balaban J connectivity index is 1.95. The summed E-state index contributed by atoms with van der Waals surface area (Å²) in [6.45, 7) is 24.5. The van der Waals surface area contributed by atoms with Gasteiger partial charge in [-0.15, -0.1) is 13.2 Å². The monoisotopic (exact) mass is 885 g/mol. The molecule has 0 unspecified atom stereocenters. The zero-order chi connectivity index (χ0) is 46.6. The fraction of sp³-hybridized carbons (Fsp3) is 0.688. The molecule has 0 saturated heterocycles. The molecule has 2 fully saturated rings. The summed E-state index contributed by atoms with van der Waals surface area (Å²) in [7, 11) is -3.62. The molecule has 0 bridgehead atoms. The lowest BCUT2D eigenvalue weighted by molar-refractivity contribution is -0.157. The van der Waals surface area contributed by atoms with Crippen LogP contribution in [-0.2, 0) is 48.5 Å². The molecule has 5 N–H and O–H groups in total. The highest BCUT2D eigenvalue weighted by Gasteiger charge is 2.45. The van der Waals surface area contributed by atoms with Gasteiger partial charge in [0.15, 0.2) is 0 Å². The first-order valence-corrected chi connectivity index (χ1v) is 24.2. The van der Waals surface area contributed by atoms with E-state index in [1.165, 1.54) is 0 Å². The molecule has 4 amide bonds. The van der Waals surface area contributed by atoms with Gasteiger partial charge in [0.2, 0.25) is 23.6 Å². The number of rotatable bonds is 20. The average Bonchev–Trinajstić information content (AvgIpc) is 3.37. The zero-order valence-corrected chi connectivity index (χ0v) is 40.0. The number of carbonyl (C=O) groups is 5. The highest BCUT2D eigenvalue weighted by atomic mass is 31.2. The summed E-state index contributed by atoms with van der Waals surface area (Å²) in [5.74, 6) is -4.84. The van der Waals surface area contributed by atoms with E-state index in [1.807, 2.05) is 47.6 Å². The van der Waals surface area contributed by atoms with Gasteiger partial charge in [-0.05, 0) is 111 Å². The fourth-order valence-electron chi connectivity index (χ4n) is 8.70. The van der Waals surface area contributed by atoms with Crippen LogP contribution in [0.1, 0.15) is 169 Å². The minimum Gasteiger partial charge on any atom is -0.460 e. The summed E-state index contributed by atoms with van der Waals surface area (Å²) in [6, 6.07) is 5.89. The Hall–Kier alpha value is -3.80. The average molecular weight is 885 g/mol. The van der Waals surface area contributed by atoms with Crippen LogP contribution >= 0.6 is 7.60 Å². The van der Waals surface area contributed by atoms with Gasteiger partial charge in [-0.1, -0.05) is 81.4 Å². The van der Waals surface area contributed by atoms with E-state index in [2.05, 4.69) is 29.1 Å². The number of benzene rings is 1. The van der Waals surface area contributed by atoms with Crippen molar-refractivity contribution in [3.63, 3.8) is 0 Å². The van der Waals surface area contributed by atoms with Crippen molar-refractivity contribution >= 4 is 37.2 Å². The second-order valence-corrected chi connectivity index (χ2v) is 22.4. The molecule has 0 heterocycles. The van der Waals surface area contributed by atoms with Crippen LogP contribution in [0.4, 0.5) is 0 Å². The molecule has 2 aliphatic carbocycles. The molecule has 0 aromatic heterocycles. The third-order valence-corrected chi connectivity index (χ3v) is 13.7. The molecule has 3 rings (SSSR count). The van der Waals surface area contributed by atoms with E-state index in [1.54, 1.807) is 51.1 Å². The first-order chi connectivity index (χ1) is 28.7. The van der Waals surface area contributed by atoms with Crippen LogP contribution in [0.2, 0.25) is 0 Å². The fourth-order valence-corrected chi connectivity index (χ4v) is 11.2. The lowest BCUT2D eigenvalue weighted by Crippen LogP contribution is -2.64. The van der Waals surface area contributed by atoms with Crippen LogP contribution in [-0.4, -0.2) is 64.5 Å². The molecular formula is C48H77N4O9P. The third kappa shape index (κ3) is 17.1. The summed E-state index contributed by atoms with van der Waals surface area (Å²) in [5, 5.41) is 8.87. The standard InChI is InChI=1S/C48H77N4O9P/c1-12-25-47(26-17-14-15-18-27-47)33-50-42(56)38(31-39(49)53)51-43(57)48(28-19-16-20-29-48)52-41(55)37(30-40(54)59-44(3,4)5)36(13-2)35-23-21-34(22-24-35)32-62(58,60-45(6,7)8)61-46(9,10)11/h12-13,21-24,36-38H,1-2,14-20,25-33H2,3-11H3,(H2,49,53)(H,50,56)(H,51,57)(H,52,55)/t36-,37-,38+/m1/s1. The number of hydrogen-bond acceptors (Lipinski definition) is 9. The van der Waals surface area contributed by atoms with Gasteiger partial charge >= 0.3 is 13.6 Å². The van der Waals surface area contributed by atoms with E-state index in [0.717, 1.165) is 51.4 Å². The number of amides is 4. The second kappa shape index (κ2) is 22.2. The normalized spacial score (nSPS) is 18.5. The van der Waals surface area contributed by atoms with Crippen LogP contribution in [0.25, 0.3) is 0 Å². The molecule has 0 spiro atoms. The van der Waals surface area contributed by atoms with Crippen molar-refractivity contribution in [3.05, 3.63) is 60.7 Å². The van der Waals surface area contributed by atoms with Crippen LogP contribution in [0.3, 0.4) is 0 Å². The number of primary amides is 1. The number of nitrogens with one attached hydrogen (secondary N) is 3. The summed E-state index contributed by atoms with van der Waals surface area (Å²) in [6.07, 6.45) is 12.3. The Morgan fingerprint density at radius 2 is 1.31 bits per heavy atom. The number of carbonyl (C=O) groups excluding carboxylic acids is 5. The summed E-state index contributed by atoms with van der Waals surface area (Å²) < 4.78 is 31.7. The van der Waals surface area contributed by atoms with Crippen LogP contribution in [0.15, 0.2) is 49.6 Å². The Morgan fingerprint density at radius 3 is 1.79 bits per heavy atom. The summed E-state index contributed by atoms with van der Waals surface area (Å²) in [5.41, 5.74) is 3.04. The Kier molecular flexibility index (Phi) is 18.8. The lowest BCUT2D eigenvalue weighted by Gasteiger charge is -2.39. The molecule has 2 saturated carbocycles. The minimum absolute atomic E-state index is 0.00446. The van der Waals surface area contributed by atoms with Gasteiger partial charge in [-0.25, -0.2) is 0 Å². The SMILES string of the molecule is C=CCC1(CNC(=O)[C@H](CC(N)=O)NC(=O)C2(NC(=O)[C@H](CC(=O)OC(C)(C)C)[C@H](C=C)c3ccc(CP(=O)(OC(C)(C)C)OC(C)(C)C)cc3)CCCCC2)CCCCCC1. The number of hydrogen-bond donors (Lipinski definition) is 4. The predicted octanol–water partition coefficient (Wildman–Crippen LogP) is 8.84. The van der Waals surface area contributed by atoms with Crippen LogP contribution in [0.5, 0.6) is 0 Å². The maximum absolute atomic E-state index is 14.7. The van der Waals surface area contributed by atoms with E-state index < -0.39 is 83.8 Å². The molecular weight excluding hydrogens is 808 g/mol. The molecule has 1 aromatic rings. The maximum atomic E-state index is 14.7. The molecule has 62 heavy (non-hydrogen) atoms. The third-order valence-electron chi connectivity index (χ3n) is 11.3. The molecule has 14 heteroatoms. The van der Waals surface area contributed by atoms with Crippen LogP contribution in [0, 0.1) is 11.3 Å². The smallest absolute Gasteiger partial charge is 0.336 e. The van der Waals surface area contributed by atoms with Gasteiger partial charge in [0, 0.05) is 12.5 Å². The zero-order valence-electron chi connectivity index (χ0n) is 39.1. The molecule has 348 valence electrons. The van der Waals surface area contributed by atoms with Gasteiger partial charge in [-0.3, -0.25) is 28.5 Å². The number of nitrogens with two attached hydrogens (primary N) is 1. The van der Waals surface area contributed by atoms with Gasteiger partial charge < -0.3 is 35.5 Å². The Labute approximate surface area is 371 Å². The quantitative estimate of drug-likeness (QED) is 0.0429. The first-order valence-electron chi connectivity index (χ1n) is 22.5. The van der Waals surface area contributed by atoms with E-state index in [4.69, 9.17) is 19.5 Å². The number of esters is 1. The maximum Gasteiger partial charge on any atom is 0.336 e. The van der Waals surface area contributed by atoms with Crippen molar-refractivity contribution in [3.8, 4) is 0 Å². The van der Waals surface area contributed by atoms with E-state index in [-0.39, 0.29) is 30.8 Å². The molecule has 0 radical (unpaired) electrons. The first kappa shape index (κ1) is 52.5. The lowest BCUT2D eigenvalue weighted by atomic mass is 9.77. The Bertz CT molecular complexity index is 1740. The summed E-state index contributed by atoms with van der Waals surface area (Å²) in [4.78, 5) is 68.8. The van der Waals surface area contributed by atoms with Gasteiger partial charge in [0.1, 0.15) is 17.2 Å². The molecule has 2 aliphatic rings. The van der Waals surface area contributed by atoms with Crippen molar-refractivity contribution in [2.45, 2.75) is 193 Å². The van der Waals surface area contributed by atoms with E-state index in [0.29, 0.717) is 30.5 Å². The number of ether oxygens (including phenoxy) is 1. The number of allylic oxidation sites excluding steroid dienone is 2. The van der Waals surface area contributed by atoms with Crippen molar-refractivity contribution in [2.24, 2.45) is 17.1 Å². The van der Waals surface area contributed by atoms with Crippen molar-refractivity contribution in [1.82, 2.24) is 16.0 Å². The van der Waals surface area contributed by atoms with E-state index >= 15 is 0 Å². The highest BCUT2D eigenvalue weighted by Crippen LogP contribution is 2.57. The topological polar surface area (TPSA) is 192 Å². The Morgan fingerprint density at radius 1 is 0.774 bits per heavy atom. The second-order valence-electron chi connectivity index (χ2n) is 20.5. The molecule has 13 nitrogen and oxygen atoms in total. The minimum atomic E-state index is -3.62. The summed E-state index contributed by atoms with van der Waals surface area (Å²) >= 11 is 0. The molecule has 1 aromatic carbocycles.